The molecule has 0 aliphatic carbocycles. The number of H-pyrrole nitrogens is 2. The van der Waals surface area contributed by atoms with E-state index in [0.717, 1.165) is 23.0 Å². The molecule has 2 N–H and O–H groups in total. The van der Waals surface area contributed by atoms with Crippen molar-refractivity contribution in [3.8, 4) is 0 Å². The standard InChI is InChI=1S/C21H16ClF2N3O2/c1-10(14-9-25-20(28)13-8-16(24)15(23)7-12(13)14)27(2)21(29)19-18(22)11-5-3-4-6-17(11)26-19/h3-10,26H,1-2H3,(H,25,28)/t10-/m0/s1. The van der Waals surface area contributed by atoms with Crippen LogP contribution in [-0.4, -0.2) is 27.8 Å². The van der Waals surface area contributed by atoms with Crippen molar-refractivity contribution >= 4 is 39.2 Å². The van der Waals surface area contributed by atoms with Gasteiger partial charge in [-0.2, -0.15) is 0 Å². The van der Waals surface area contributed by atoms with E-state index in [0.29, 0.717) is 10.6 Å². The highest BCUT2D eigenvalue weighted by Gasteiger charge is 2.25. The van der Waals surface area contributed by atoms with Crippen LogP contribution in [0.25, 0.3) is 21.7 Å². The van der Waals surface area contributed by atoms with E-state index in [1.165, 1.54) is 11.1 Å². The molecule has 8 heteroatoms. The van der Waals surface area contributed by atoms with E-state index in [-0.39, 0.29) is 22.4 Å². The first kappa shape index (κ1) is 19.1. The predicted molar refractivity (Wildman–Crippen MR) is 108 cm³/mol. The fourth-order valence-corrected chi connectivity index (χ4v) is 3.73. The molecular weight excluding hydrogens is 400 g/mol. The van der Waals surface area contributed by atoms with Crippen LogP contribution in [0.15, 0.2) is 47.4 Å². The lowest BCUT2D eigenvalue weighted by atomic mass is 10.0. The number of para-hydroxylation sites is 1. The highest BCUT2D eigenvalue weighted by molar-refractivity contribution is 6.38. The highest BCUT2D eigenvalue weighted by Crippen LogP contribution is 2.31. The van der Waals surface area contributed by atoms with Crippen LogP contribution in [0.5, 0.6) is 0 Å². The summed E-state index contributed by atoms with van der Waals surface area (Å²) in [5, 5.41) is 1.29. The summed E-state index contributed by atoms with van der Waals surface area (Å²) in [5.41, 5.74) is 0.895. The van der Waals surface area contributed by atoms with Gasteiger partial charge in [-0.25, -0.2) is 8.78 Å². The third-order valence-electron chi connectivity index (χ3n) is 5.18. The van der Waals surface area contributed by atoms with E-state index >= 15 is 0 Å². The molecule has 0 saturated heterocycles. The van der Waals surface area contributed by atoms with Crippen LogP contribution in [-0.2, 0) is 0 Å². The Kier molecular flexibility index (Phi) is 4.62. The zero-order valence-corrected chi connectivity index (χ0v) is 16.3. The number of halogens is 3. The predicted octanol–water partition coefficient (Wildman–Crippen LogP) is 4.77. The minimum absolute atomic E-state index is 0.0118. The Bertz CT molecular complexity index is 1330. The van der Waals surface area contributed by atoms with Crippen molar-refractivity contribution in [1.82, 2.24) is 14.9 Å². The number of carbonyl (C=O) groups is 1. The Morgan fingerprint density at radius 2 is 1.76 bits per heavy atom. The molecule has 1 amide bonds. The van der Waals surface area contributed by atoms with Crippen LogP contribution in [0.3, 0.4) is 0 Å². The fraction of sp³-hybridized carbons (Fsp3) is 0.143. The summed E-state index contributed by atoms with van der Waals surface area (Å²) < 4.78 is 27.4. The Morgan fingerprint density at radius 1 is 1.10 bits per heavy atom. The zero-order valence-electron chi connectivity index (χ0n) is 15.5. The van der Waals surface area contributed by atoms with Crippen LogP contribution in [0.4, 0.5) is 8.78 Å². The van der Waals surface area contributed by atoms with Crippen LogP contribution < -0.4 is 5.56 Å². The number of hydrogen-bond donors (Lipinski definition) is 2. The van der Waals surface area contributed by atoms with Crippen molar-refractivity contribution in [3.05, 3.63) is 80.9 Å². The lowest BCUT2D eigenvalue weighted by Gasteiger charge is -2.26. The average Bonchev–Trinajstić information content (AvgIpc) is 3.05. The molecule has 2 aromatic carbocycles. The Balaban J connectivity index is 1.78. The van der Waals surface area contributed by atoms with E-state index < -0.39 is 23.2 Å². The monoisotopic (exact) mass is 415 g/mol. The second kappa shape index (κ2) is 7.00. The molecule has 148 valence electrons. The molecule has 4 rings (SSSR count). The molecule has 29 heavy (non-hydrogen) atoms. The smallest absolute Gasteiger partial charge is 0.272 e. The van der Waals surface area contributed by atoms with Crippen LogP contribution in [0.1, 0.15) is 29.0 Å². The summed E-state index contributed by atoms with van der Waals surface area (Å²) in [5.74, 6) is -2.55. The number of amides is 1. The number of hydrogen-bond acceptors (Lipinski definition) is 2. The van der Waals surface area contributed by atoms with Gasteiger partial charge in [-0.05, 0) is 36.1 Å². The van der Waals surface area contributed by atoms with E-state index in [4.69, 9.17) is 11.6 Å². The number of rotatable bonds is 3. The van der Waals surface area contributed by atoms with Gasteiger partial charge < -0.3 is 14.9 Å². The lowest BCUT2D eigenvalue weighted by Crippen LogP contribution is -2.30. The SMILES string of the molecule is C[C@@H](c1c[nH]c(=O)c2cc(F)c(F)cc12)N(C)C(=O)c1[nH]c2ccccc2c1Cl. The third kappa shape index (κ3) is 3.07. The van der Waals surface area contributed by atoms with Gasteiger partial charge >= 0.3 is 0 Å². The topological polar surface area (TPSA) is 69.0 Å². The van der Waals surface area contributed by atoms with Crippen molar-refractivity contribution in [2.45, 2.75) is 13.0 Å². The van der Waals surface area contributed by atoms with Crippen molar-refractivity contribution in [2.75, 3.05) is 7.05 Å². The molecule has 0 aliphatic heterocycles. The summed E-state index contributed by atoms with van der Waals surface area (Å²) in [6, 6.07) is 8.54. The molecule has 0 bridgehead atoms. The minimum atomic E-state index is -1.11. The van der Waals surface area contributed by atoms with Gasteiger partial charge in [-0.3, -0.25) is 9.59 Å². The van der Waals surface area contributed by atoms with Gasteiger partial charge in [0.25, 0.3) is 11.5 Å². The summed E-state index contributed by atoms with van der Waals surface area (Å²) in [6.45, 7) is 1.73. The maximum atomic E-state index is 13.8. The fourth-order valence-electron chi connectivity index (χ4n) is 3.43. The first-order valence-corrected chi connectivity index (χ1v) is 9.21. The molecule has 0 fully saturated rings. The van der Waals surface area contributed by atoms with Crippen LogP contribution in [0, 0.1) is 11.6 Å². The summed E-state index contributed by atoms with van der Waals surface area (Å²) in [6.07, 6.45) is 1.41. The minimum Gasteiger partial charge on any atom is -0.349 e. The van der Waals surface area contributed by atoms with Crippen molar-refractivity contribution in [1.29, 1.82) is 0 Å². The first-order valence-electron chi connectivity index (χ1n) is 8.83. The number of nitrogens with one attached hydrogen (secondary N) is 2. The van der Waals surface area contributed by atoms with Gasteiger partial charge in [-0.15, -0.1) is 0 Å². The number of benzene rings is 2. The van der Waals surface area contributed by atoms with Gasteiger partial charge in [0.2, 0.25) is 0 Å². The van der Waals surface area contributed by atoms with Gasteiger partial charge in [0.1, 0.15) is 5.69 Å². The Morgan fingerprint density at radius 3 is 2.45 bits per heavy atom. The third-order valence-corrected chi connectivity index (χ3v) is 5.58. The Labute approximate surface area is 168 Å². The largest absolute Gasteiger partial charge is 0.349 e. The van der Waals surface area contributed by atoms with Crippen LogP contribution in [0.2, 0.25) is 5.02 Å². The van der Waals surface area contributed by atoms with Gasteiger partial charge in [0.15, 0.2) is 11.6 Å². The number of carbonyl (C=O) groups excluding carboxylic acids is 1. The number of pyridine rings is 1. The number of nitrogens with zero attached hydrogens (tertiary/aromatic N) is 1. The number of aromatic nitrogens is 2. The molecule has 5 nitrogen and oxygen atoms in total. The highest BCUT2D eigenvalue weighted by atomic mass is 35.5. The van der Waals surface area contributed by atoms with Gasteiger partial charge in [0, 0.05) is 24.1 Å². The normalized spacial score (nSPS) is 12.4. The van der Waals surface area contributed by atoms with Crippen molar-refractivity contribution in [3.63, 3.8) is 0 Å². The van der Waals surface area contributed by atoms with Crippen molar-refractivity contribution in [2.24, 2.45) is 0 Å². The van der Waals surface area contributed by atoms with E-state index in [1.807, 2.05) is 18.2 Å². The first-order chi connectivity index (χ1) is 13.8. The van der Waals surface area contributed by atoms with Gasteiger partial charge in [-0.1, -0.05) is 29.8 Å². The van der Waals surface area contributed by atoms with Crippen LogP contribution >= 0.6 is 11.6 Å². The second-order valence-electron chi connectivity index (χ2n) is 6.84. The quantitative estimate of drug-likeness (QED) is 0.506. The summed E-state index contributed by atoms with van der Waals surface area (Å²) in [7, 11) is 1.58. The maximum Gasteiger partial charge on any atom is 0.272 e. The molecule has 0 aliphatic rings. The molecule has 0 unspecified atom stereocenters. The lowest BCUT2D eigenvalue weighted by molar-refractivity contribution is 0.0738. The number of fused-ring (bicyclic) bond motifs is 2. The summed E-state index contributed by atoms with van der Waals surface area (Å²) in [4.78, 5) is 32.1. The average molecular weight is 416 g/mol. The molecule has 4 aromatic rings. The van der Waals surface area contributed by atoms with E-state index in [9.17, 15) is 18.4 Å². The molecule has 0 radical (unpaired) electrons. The maximum absolute atomic E-state index is 13.8. The molecule has 2 aromatic heterocycles. The van der Waals surface area contributed by atoms with E-state index in [1.54, 1.807) is 20.0 Å². The molecule has 1 atom stereocenters. The second-order valence-corrected chi connectivity index (χ2v) is 7.21. The van der Waals surface area contributed by atoms with Gasteiger partial charge in [0.05, 0.1) is 16.5 Å². The zero-order chi connectivity index (χ0) is 20.9. The molecule has 2 heterocycles. The van der Waals surface area contributed by atoms with E-state index in [2.05, 4.69) is 9.97 Å². The molecular formula is C21H16ClF2N3O2. The molecule has 0 spiro atoms. The van der Waals surface area contributed by atoms with Crippen molar-refractivity contribution < 1.29 is 13.6 Å². The Hall–Kier alpha value is -3.19. The summed E-state index contributed by atoms with van der Waals surface area (Å²) >= 11 is 6.38. The number of aromatic amines is 2. The molecule has 0 saturated carbocycles.